The van der Waals surface area contributed by atoms with Crippen LogP contribution in [0.5, 0.6) is 5.75 Å². The van der Waals surface area contributed by atoms with Crippen LogP contribution in [0.2, 0.25) is 0 Å². The summed E-state index contributed by atoms with van der Waals surface area (Å²) >= 11 is 3.68. The first kappa shape index (κ1) is 25.5. The smallest absolute Gasteiger partial charge is 0.254 e. The largest absolute Gasteiger partial charge is 0.496 e. The summed E-state index contributed by atoms with van der Waals surface area (Å²) in [6, 6.07) is 9.92. The van der Waals surface area contributed by atoms with Crippen molar-refractivity contribution < 1.29 is 14.3 Å². The van der Waals surface area contributed by atoms with Gasteiger partial charge >= 0.3 is 0 Å². The summed E-state index contributed by atoms with van der Waals surface area (Å²) in [7, 11) is 5.72. The van der Waals surface area contributed by atoms with E-state index in [1.165, 1.54) is 0 Å². The molecule has 7 nitrogen and oxygen atoms in total. The highest BCUT2D eigenvalue weighted by Gasteiger charge is 2.37. The molecule has 1 heterocycles. The fourth-order valence-corrected chi connectivity index (χ4v) is 5.58. The van der Waals surface area contributed by atoms with Crippen molar-refractivity contribution in [1.82, 2.24) is 9.80 Å². The van der Waals surface area contributed by atoms with Gasteiger partial charge in [0.05, 0.1) is 7.11 Å². The summed E-state index contributed by atoms with van der Waals surface area (Å²) < 4.78 is 6.34. The Morgan fingerprint density at radius 1 is 1.14 bits per heavy atom. The number of carbonyl (C=O) groups is 2. The second-order valence-electron chi connectivity index (χ2n) is 9.83. The molecular formula is C27H35BrN4O3. The van der Waals surface area contributed by atoms with Crippen LogP contribution in [0.1, 0.15) is 47.2 Å². The number of nitrogens with zero attached hydrogens (tertiary/aromatic N) is 2. The van der Waals surface area contributed by atoms with Gasteiger partial charge in [-0.05, 0) is 76.0 Å². The number of ether oxygens (including phenoxy) is 1. The number of rotatable bonds is 8. The summed E-state index contributed by atoms with van der Waals surface area (Å²) in [5.41, 5.74) is 4.58. The number of fused-ring (bicyclic) bond motifs is 1. The number of benzene rings is 2. The lowest BCUT2D eigenvalue weighted by Gasteiger charge is -2.34. The maximum Gasteiger partial charge on any atom is 0.254 e. The lowest BCUT2D eigenvalue weighted by molar-refractivity contribution is -0.121. The number of carbonyl (C=O) groups excluding carboxylic acids is 2. The monoisotopic (exact) mass is 542 g/mol. The lowest BCUT2D eigenvalue weighted by atomic mass is 9.84. The zero-order valence-electron chi connectivity index (χ0n) is 21.0. The van der Waals surface area contributed by atoms with E-state index in [4.69, 9.17) is 4.74 Å². The normalized spacial score (nSPS) is 19.6. The topological polar surface area (TPSA) is 73.9 Å². The van der Waals surface area contributed by atoms with Gasteiger partial charge in [0.25, 0.3) is 5.91 Å². The predicted octanol–water partition coefficient (Wildman–Crippen LogP) is 4.89. The Labute approximate surface area is 216 Å². The van der Waals surface area contributed by atoms with E-state index < -0.39 is 0 Å². The van der Waals surface area contributed by atoms with Crippen LogP contribution in [0.25, 0.3) is 0 Å². The minimum atomic E-state index is -0.0436. The molecule has 4 rings (SSSR count). The van der Waals surface area contributed by atoms with E-state index >= 15 is 0 Å². The Hall–Kier alpha value is -2.58. The fourth-order valence-electron chi connectivity index (χ4n) is 5.00. The quantitative estimate of drug-likeness (QED) is 0.496. The van der Waals surface area contributed by atoms with E-state index in [1.54, 1.807) is 7.11 Å². The predicted molar refractivity (Wildman–Crippen MR) is 143 cm³/mol. The summed E-state index contributed by atoms with van der Waals surface area (Å²) in [5, 5.41) is 6.46. The highest BCUT2D eigenvalue weighted by molar-refractivity contribution is 9.10. The van der Waals surface area contributed by atoms with Crippen LogP contribution in [0, 0.1) is 12.8 Å². The van der Waals surface area contributed by atoms with Crippen LogP contribution >= 0.6 is 15.9 Å². The number of methoxy groups -OCH3 is 1. The van der Waals surface area contributed by atoms with E-state index in [9.17, 15) is 9.59 Å². The number of anilines is 2. The Kier molecular flexibility index (Phi) is 8.02. The van der Waals surface area contributed by atoms with Crippen LogP contribution in [-0.4, -0.2) is 62.0 Å². The Bertz CT molecular complexity index is 1100. The highest BCUT2D eigenvalue weighted by atomic mass is 79.9. The maximum atomic E-state index is 13.3. The molecule has 0 saturated heterocycles. The second-order valence-corrected chi connectivity index (χ2v) is 10.7. The van der Waals surface area contributed by atoms with Gasteiger partial charge < -0.3 is 25.2 Å². The average Bonchev–Trinajstić information content (AvgIpc) is 3.17. The van der Waals surface area contributed by atoms with E-state index in [1.807, 2.05) is 50.2 Å². The van der Waals surface area contributed by atoms with Gasteiger partial charge in [0.15, 0.2) is 0 Å². The van der Waals surface area contributed by atoms with Gasteiger partial charge in [-0.2, -0.15) is 0 Å². The number of halogens is 1. The van der Waals surface area contributed by atoms with Crippen LogP contribution in [0.4, 0.5) is 11.4 Å². The van der Waals surface area contributed by atoms with Crippen molar-refractivity contribution in [3.63, 3.8) is 0 Å². The van der Waals surface area contributed by atoms with Crippen molar-refractivity contribution in [2.24, 2.45) is 5.92 Å². The lowest BCUT2D eigenvalue weighted by Crippen LogP contribution is -2.40. The SMILES string of the molecule is COc1cc(NC(=O)C2CCC(N3Cc4c(Br)cc(NCCN(C)C)cc4C3=O)CC2)ccc1C. The molecule has 0 bridgehead atoms. The number of hydrogen-bond acceptors (Lipinski definition) is 5. The van der Waals surface area contributed by atoms with Crippen LogP contribution in [0.15, 0.2) is 34.8 Å². The maximum absolute atomic E-state index is 13.3. The molecule has 2 aromatic carbocycles. The Morgan fingerprint density at radius 3 is 2.57 bits per heavy atom. The van der Waals surface area contributed by atoms with E-state index in [0.29, 0.717) is 6.54 Å². The van der Waals surface area contributed by atoms with Crippen molar-refractivity contribution in [2.45, 2.75) is 45.2 Å². The Morgan fingerprint density at radius 2 is 1.89 bits per heavy atom. The molecule has 0 radical (unpaired) electrons. The zero-order valence-corrected chi connectivity index (χ0v) is 22.6. The Balaban J connectivity index is 1.34. The van der Waals surface area contributed by atoms with Gasteiger partial charge in [-0.1, -0.05) is 22.0 Å². The van der Waals surface area contributed by atoms with E-state index in [2.05, 4.69) is 37.5 Å². The third kappa shape index (κ3) is 5.81. The molecule has 8 heteroatoms. The molecule has 1 saturated carbocycles. The van der Waals surface area contributed by atoms with Crippen LogP contribution in [-0.2, 0) is 11.3 Å². The van der Waals surface area contributed by atoms with Gasteiger partial charge in [0, 0.05) is 59.1 Å². The first-order valence-corrected chi connectivity index (χ1v) is 13.0. The van der Waals surface area contributed by atoms with Crippen LogP contribution < -0.4 is 15.4 Å². The minimum absolute atomic E-state index is 0.0431. The van der Waals surface area contributed by atoms with Gasteiger partial charge in [0.2, 0.25) is 5.91 Å². The molecule has 0 unspecified atom stereocenters. The number of nitrogens with one attached hydrogen (secondary N) is 2. The average molecular weight is 544 g/mol. The summed E-state index contributed by atoms with van der Waals surface area (Å²) in [4.78, 5) is 30.3. The summed E-state index contributed by atoms with van der Waals surface area (Å²) in [6.45, 7) is 4.34. The third-order valence-electron chi connectivity index (χ3n) is 7.09. The molecule has 0 atom stereocenters. The molecule has 2 N–H and O–H groups in total. The second kappa shape index (κ2) is 11.0. The number of aryl methyl sites for hydroxylation is 1. The number of amides is 2. The first-order valence-electron chi connectivity index (χ1n) is 12.2. The molecule has 35 heavy (non-hydrogen) atoms. The van der Waals surface area contributed by atoms with Crippen molar-refractivity contribution in [3.05, 3.63) is 51.5 Å². The number of likely N-dealkylation sites (N-methyl/N-ethyl adjacent to an activating group) is 1. The molecule has 1 aliphatic heterocycles. The molecular weight excluding hydrogens is 508 g/mol. The minimum Gasteiger partial charge on any atom is -0.496 e. The van der Waals surface area contributed by atoms with Crippen molar-refractivity contribution >= 4 is 39.1 Å². The highest BCUT2D eigenvalue weighted by Crippen LogP contribution is 2.37. The molecule has 1 aliphatic carbocycles. The van der Waals surface area contributed by atoms with Gasteiger partial charge in [-0.25, -0.2) is 0 Å². The summed E-state index contributed by atoms with van der Waals surface area (Å²) in [5.74, 6) is 0.858. The molecule has 2 amide bonds. The third-order valence-corrected chi connectivity index (χ3v) is 7.79. The molecule has 2 aromatic rings. The van der Waals surface area contributed by atoms with E-state index in [-0.39, 0.29) is 23.8 Å². The summed E-state index contributed by atoms with van der Waals surface area (Å²) in [6.07, 6.45) is 3.22. The number of hydrogen-bond donors (Lipinski definition) is 2. The van der Waals surface area contributed by atoms with Gasteiger partial charge in [0.1, 0.15) is 5.75 Å². The van der Waals surface area contributed by atoms with Crippen molar-refractivity contribution in [1.29, 1.82) is 0 Å². The first-order chi connectivity index (χ1) is 16.8. The van der Waals surface area contributed by atoms with Crippen molar-refractivity contribution in [2.75, 3.05) is 44.9 Å². The van der Waals surface area contributed by atoms with Gasteiger partial charge in [-0.3, -0.25) is 9.59 Å². The molecule has 1 fully saturated rings. The van der Waals surface area contributed by atoms with E-state index in [0.717, 1.165) is 77.1 Å². The molecule has 2 aliphatic rings. The zero-order chi connectivity index (χ0) is 25.1. The molecule has 188 valence electrons. The fraction of sp³-hybridized carbons (Fsp3) is 0.481. The van der Waals surface area contributed by atoms with Gasteiger partial charge in [-0.15, -0.1) is 0 Å². The standard InChI is InChI=1S/C27H35BrN4O3/c1-17-5-8-19(15-25(17)35-4)30-26(33)18-6-9-21(10-7-18)32-16-23-22(27(32)34)13-20(14-24(23)28)29-11-12-31(2)3/h5,8,13-15,18,21,29H,6-7,9-12,16H2,1-4H3,(H,30,33). The van der Waals surface area contributed by atoms with Crippen LogP contribution in [0.3, 0.4) is 0 Å². The molecule has 0 spiro atoms. The van der Waals surface area contributed by atoms with Crippen molar-refractivity contribution in [3.8, 4) is 5.75 Å². The molecule has 0 aromatic heterocycles.